The highest BCUT2D eigenvalue weighted by atomic mass is 16.7. The van der Waals surface area contributed by atoms with Crippen molar-refractivity contribution in [3.05, 3.63) is 39.8 Å². The van der Waals surface area contributed by atoms with Crippen LogP contribution in [-0.4, -0.2) is 38.6 Å². The van der Waals surface area contributed by atoms with Crippen molar-refractivity contribution in [3.63, 3.8) is 0 Å². The maximum absolute atomic E-state index is 12.4. The number of aromatic nitrogens is 2. The van der Waals surface area contributed by atoms with Gasteiger partial charge in [0, 0.05) is 54.3 Å². The number of carboxylic acid groups (broad SMARTS) is 1. The average Bonchev–Trinajstić information content (AvgIpc) is 2.88. The number of hydrogen-bond acceptors (Lipinski definition) is 6. The first-order valence-corrected chi connectivity index (χ1v) is 10.3. The van der Waals surface area contributed by atoms with E-state index in [9.17, 15) is 14.7 Å². The maximum Gasteiger partial charge on any atom is 0.511 e. The van der Waals surface area contributed by atoms with Crippen LogP contribution in [0.3, 0.4) is 0 Å². The Morgan fingerprint density at radius 1 is 1.35 bits per heavy atom. The topological polar surface area (TPSA) is 126 Å². The fourth-order valence-electron chi connectivity index (χ4n) is 4.30. The van der Waals surface area contributed by atoms with Gasteiger partial charge in [0.25, 0.3) is 5.56 Å². The molecular weight excluding hydrogens is 402 g/mol. The van der Waals surface area contributed by atoms with Crippen LogP contribution in [0.4, 0.5) is 4.79 Å². The van der Waals surface area contributed by atoms with Crippen LogP contribution in [-0.2, 0) is 20.0 Å². The molecule has 1 aromatic carbocycles. The Bertz CT molecular complexity index is 1250. The van der Waals surface area contributed by atoms with E-state index in [1.807, 2.05) is 19.2 Å². The van der Waals surface area contributed by atoms with E-state index in [4.69, 9.17) is 9.84 Å². The van der Waals surface area contributed by atoms with Crippen molar-refractivity contribution < 1.29 is 24.5 Å². The van der Waals surface area contributed by atoms with Crippen LogP contribution in [0, 0.1) is 0 Å². The Hall–Kier alpha value is -3.46. The molecule has 1 saturated carbocycles. The molecule has 9 nitrogen and oxygen atoms in total. The third kappa shape index (κ3) is 3.31. The number of carbonyl (C=O) groups is 1. The fourth-order valence-corrected chi connectivity index (χ4v) is 4.30. The summed E-state index contributed by atoms with van der Waals surface area (Å²) in [5.74, 6) is -0.510. The second kappa shape index (κ2) is 7.35. The van der Waals surface area contributed by atoms with Crippen LogP contribution < -0.4 is 20.3 Å². The molecule has 31 heavy (non-hydrogen) atoms. The quantitative estimate of drug-likeness (QED) is 0.474. The number of nitrogens with zero attached hydrogens (tertiary/aromatic N) is 1. The molecule has 1 aliphatic carbocycles. The van der Waals surface area contributed by atoms with Gasteiger partial charge in [-0.1, -0.05) is 6.42 Å². The Morgan fingerprint density at radius 3 is 2.87 bits per heavy atom. The molecule has 1 aliphatic heterocycles. The maximum atomic E-state index is 12.4. The molecule has 2 aliphatic rings. The molecule has 0 bridgehead atoms. The van der Waals surface area contributed by atoms with Crippen molar-refractivity contribution in [2.75, 3.05) is 6.61 Å². The number of ether oxygens (including phenoxy) is 2. The van der Waals surface area contributed by atoms with E-state index in [1.165, 1.54) is 19.3 Å². The van der Waals surface area contributed by atoms with Gasteiger partial charge < -0.3 is 34.6 Å². The second-order valence-electron chi connectivity index (χ2n) is 8.06. The minimum absolute atomic E-state index is 0.262. The molecule has 0 spiro atoms. The number of H-pyrrole nitrogens is 1. The van der Waals surface area contributed by atoms with Crippen LogP contribution in [0.1, 0.15) is 30.5 Å². The lowest BCUT2D eigenvalue weighted by molar-refractivity contribution is 0.142. The zero-order valence-corrected chi connectivity index (χ0v) is 17.0. The van der Waals surface area contributed by atoms with E-state index in [1.54, 1.807) is 0 Å². The number of benzene rings is 1. The first-order chi connectivity index (χ1) is 14.9. The molecule has 0 atom stereocenters. The summed E-state index contributed by atoms with van der Waals surface area (Å²) in [5.41, 5.74) is 2.77. The number of nitrogens with one attached hydrogen (secondary N) is 2. The van der Waals surface area contributed by atoms with Crippen molar-refractivity contribution in [2.24, 2.45) is 7.05 Å². The van der Waals surface area contributed by atoms with E-state index in [2.05, 4.69) is 25.7 Å². The number of hydrogen-bond donors (Lipinski definition) is 4. The van der Waals surface area contributed by atoms with Gasteiger partial charge in [-0.25, -0.2) is 4.79 Å². The minimum Gasteiger partial charge on any atom is -0.504 e. The number of fused-ring (bicyclic) bond motifs is 4. The van der Waals surface area contributed by atoms with Crippen LogP contribution >= 0.6 is 0 Å². The summed E-state index contributed by atoms with van der Waals surface area (Å²) in [6, 6.07) is 6.55. The lowest BCUT2D eigenvalue weighted by Crippen LogP contribution is -2.34. The van der Waals surface area contributed by atoms with Crippen LogP contribution in [0.15, 0.2) is 23.0 Å². The summed E-state index contributed by atoms with van der Waals surface area (Å²) in [7, 11) is 2.01. The van der Waals surface area contributed by atoms with Gasteiger partial charge in [0.2, 0.25) is 5.75 Å². The van der Waals surface area contributed by atoms with E-state index in [-0.39, 0.29) is 13.0 Å². The predicted octanol–water partition coefficient (Wildman–Crippen LogP) is 2.87. The number of aryl methyl sites for hydroxylation is 1. The van der Waals surface area contributed by atoms with E-state index >= 15 is 0 Å². The highest BCUT2D eigenvalue weighted by Crippen LogP contribution is 2.41. The standard InChI is InChI=1S/C22H23N3O6/c1-25-13(10-23-12-3-2-4-12)7-11-8-15-17(9-16(11)25)30-6-5-14-18(15)24-21(27)20(19(14)26)31-22(28)29/h7-9,12,23H,2-6,10H2,1H3,(H,28,29)(H2,24,26,27). The minimum atomic E-state index is -1.67. The molecule has 0 radical (unpaired) electrons. The lowest BCUT2D eigenvalue weighted by atomic mass is 9.93. The summed E-state index contributed by atoms with van der Waals surface area (Å²) in [6.07, 6.45) is 2.33. The zero-order chi connectivity index (χ0) is 21.7. The molecular formula is C22H23N3O6. The SMILES string of the molecule is Cn1c(CNC2CCC2)cc2cc3c(cc21)OCCc1c-3[nH]c(=O)c(OC(=O)O)c1O. The van der Waals surface area contributed by atoms with Crippen molar-refractivity contribution >= 4 is 17.1 Å². The first kappa shape index (κ1) is 19.5. The highest BCUT2D eigenvalue weighted by Gasteiger charge is 2.26. The van der Waals surface area contributed by atoms with Crippen molar-refractivity contribution in [2.45, 2.75) is 38.3 Å². The van der Waals surface area contributed by atoms with E-state index in [0.29, 0.717) is 28.6 Å². The molecule has 4 N–H and O–H groups in total. The van der Waals surface area contributed by atoms with Crippen LogP contribution in [0.25, 0.3) is 22.2 Å². The smallest absolute Gasteiger partial charge is 0.504 e. The third-order valence-corrected chi connectivity index (χ3v) is 6.24. The molecule has 0 unspecified atom stereocenters. The normalized spacial score (nSPS) is 15.5. The second-order valence-corrected chi connectivity index (χ2v) is 8.06. The number of rotatable bonds is 4. The van der Waals surface area contributed by atoms with Gasteiger partial charge in [0.15, 0.2) is 5.75 Å². The number of aromatic amines is 1. The van der Waals surface area contributed by atoms with Crippen LogP contribution in [0.2, 0.25) is 0 Å². The van der Waals surface area contributed by atoms with E-state index < -0.39 is 23.2 Å². The summed E-state index contributed by atoms with van der Waals surface area (Å²) in [6.45, 7) is 1.03. The Morgan fingerprint density at radius 2 is 2.16 bits per heavy atom. The molecule has 3 aromatic rings. The molecule has 9 heteroatoms. The summed E-state index contributed by atoms with van der Waals surface area (Å²) < 4.78 is 12.5. The molecule has 2 aromatic heterocycles. The van der Waals surface area contributed by atoms with Crippen LogP contribution in [0.5, 0.6) is 17.2 Å². The van der Waals surface area contributed by atoms with Crippen molar-refractivity contribution in [3.8, 4) is 28.5 Å². The molecule has 162 valence electrons. The fraction of sp³-hybridized carbons (Fsp3) is 0.364. The third-order valence-electron chi connectivity index (χ3n) is 6.24. The summed E-state index contributed by atoms with van der Waals surface area (Å²) in [5, 5.41) is 24.0. The largest absolute Gasteiger partial charge is 0.511 e. The molecule has 0 amide bonds. The van der Waals surface area contributed by atoms with Gasteiger partial charge in [0.1, 0.15) is 5.75 Å². The average molecular weight is 425 g/mol. The van der Waals surface area contributed by atoms with E-state index in [0.717, 1.165) is 23.1 Å². The Balaban J connectivity index is 1.60. The molecule has 0 saturated heterocycles. The Labute approximate surface area is 177 Å². The van der Waals surface area contributed by atoms with Gasteiger partial charge in [-0.15, -0.1) is 0 Å². The summed E-state index contributed by atoms with van der Waals surface area (Å²) >= 11 is 0. The van der Waals surface area contributed by atoms with Gasteiger partial charge in [-0.2, -0.15) is 0 Å². The Kier molecular flexibility index (Phi) is 4.62. The van der Waals surface area contributed by atoms with Gasteiger partial charge >= 0.3 is 6.16 Å². The van der Waals surface area contributed by atoms with Gasteiger partial charge in [-0.05, 0) is 25.0 Å². The molecule has 5 rings (SSSR count). The number of aromatic hydroxyl groups is 1. The van der Waals surface area contributed by atoms with Crippen molar-refractivity contribution in [1.29, 1.82) is 0 Å². The van der Waals surface area contributed by atoms with Gasteiger partial charge in [-0.3, -0.25) is 4.79 Å². The highest BCUT2D eigenvalue weighted by molar-refractivity contribution is 5.90. The zero-order valence-electron chi connectivity index (χ0n) is 17.0. The lowest BCUT2D eigenvalue weighted by Gasteiger charge is -2.26. The van der Waals surface area contributed by atoms with Crippen molar-refractivity contribution in [1.82, 2.24) is 14.9 Å². The predicted molar refractivity (Wildman–Crippen MR) is 113 cm³/mol. The summed E-state index contributed by atoms with van der Waals surface area (Å²) in [4.78, 5) is 26.0. The monoisotopic (exact) mass is 425 g/mol. The number of pyridine rings is 1. The van der Waals surface area contributed by atoms with Gasteiger partial charge in [0.05, 0.1) is 17.8 Å². The molecule has 3 heterocycles. The molecule has 1 fully saturated rings. The first-order valence-electron chi connectivity index (χ1n) is 10.3.